The van der Waals surface area contributed by atoms with Gasteiger partial charge in [0.2, 0.25) is 0 Å². The van der Waals surface area contributed by atoms with Crippen LogP contribution in [0.4, 0.5) is 14.6 Å². The second-order valence-corrected chi connectivity index (χ2v) is 3.95. The predicted octanol–water partition coefficient (Wildman–Crippen LogP) is 1.65. The molecule has 1 aromatic rings. The van der Waals surface area contributed by atoms with Crippen molar-refractivity contribution in [2.45, 2.75) is 24.8 Å². The number of nitrogens with one attached hydrogen (secondary N) is 1. The van der Waals surface area contributed by atoms with Crippen molar-refractivity contribution in [3.05, 3.63) is 23.9 Å². The zero-order valence-electron chi connectivity index (χ0n) is 8.26. The summed E-state index contributed by atoms with van der Waals surface area (Å²) in [6.07, 6.45) is 3.88. The fourth-order valence-electron chi connectivity index (χ4n) is 1.74. The van der Waals surface area contributed by atoms with Crippen molar-refractivity contribution in [2.24, 2.45) is 5.73 Å². The molecule has 3 N–H and O–H groups in total. The molecule has 0 amide bonds. The monoisotopic (exact) mass is 213 g/mol. The summed E-state index contributed by atoms with van der Waals surface area (Å²) in [7, 11) is 0. The first-order valence-corrected chi connectivity index (χ1v) is 4.94. The summed E-state index contributed by atoms with van der Waals surface area (Å²) in [4.78, 5) is 3.68. The number of hydrogen-bond donors (Lipinski definition) is 2. The topological polar surface area (TPSA) is 50.9 Å². The standard InChI is InChI=1S/C10H13F2N3/c11-7-4-8(12)9(14-5-7)15-10(6-13)2-1-3-10/h4-5H,1-3,6,13H2,(H,14,15). The van der Waals surface area contributed by atoms with E-state index in [1.807, 2.05) is 0 Å². The lowest BCUT2D eigenvalue weighted by Gasteiger charge is -2.42. The molecule has 1 saturated carbocycles. The third kappa shape index (κ3) is 1.92. The highest BCUT2D eigenvalue weighted by Crippen LogP contribution is 2.34. The van der Waals surface area contributed by atoms with Crippen molar-refractivity contribution in [1.29, 1.82) is 0 Å². The molecule has 1 heterocycles. The SMILES string of the molecule is NCC1(Nc2ncc(F)cc2F)CCC1. The Morgan fingerprint density at radius 1 is 1.47 bits per heavy atom. The minimum Gasteiger partial charge on any atom is -0.361 e. The summed E-state index contributed by atoms with van der Waals surface area (Å²) in [6, 6.07) is 0.818. The van der Waals surface area contributed by atoms with Crippen LogP contribution in [0.3, 0.4) is 0 Å². The summed E-state index contributed by atoms with van der Waals surface area (Å²) in [6.45, 7) is 0.436. The Labute approximate surface area is 86.7 Å². The van der Waals surface area contributed by atoms with Gasteiger partial charge in [0, 0.05) is 12.6 Å². The lowest BCUT2D eigenvalue weighted by molar-refractivity contribution is 0.285. The first kappa shape index (κ1) is 10.3. The van der Waals surface area contributed by atoms with Crippen molar-refractivity contribution in [1.82, 2.24) is 4.98 Å². The molecule has 0 aromatic carbocycles. The first-order chi connectivity index (χ1) is 7.15. The van der Waals surface area contributed by atoms with Gasteiger partial charge in [-0.3, -0.25) is 0 Å². The number of nitrogens with zero attached hydrogens (tertiary/aromatic N) is 1. The summed E-state index contributed by atoms with van der Waals surface area (Å²) >= 11 is 0. The number of aromatic nitrogens is 1. The van der Waals surface area contributed by atoms with Crippen LogP contribution in [0.2, 0.25) is 0 Å². The highest BCUT2D eigenvalue weighted by Gasteiger charge is 2.36. The smallest absolute Gasteiger partial charge is 0.168 e. The van der Waals surface area contributed by atoms with Crippen LogP contribution in [0, 0.1) is 11.6 Å². The summed E-state index contributed by atoms with van der Waals surface area (Å²) in [5.41, 5.74) is 5.37. The van der Waals surface area contributed by atoms with Crippen molar-refractivity contribution in [3.63, 3.8) is 0 Å². The molecule has 0 spiro atoms. The second-order valence-electron chi connectivity index (χ2n) is 3.95. The minimum atomic E-state index is -0.673. The van der Waals surface area contributed by atoms with Crippen molar-refractivity contribution >= 4 is 5.82 Å². The third-order valence-corrected chi connectivity index (χ3v) is 2.89. The van der Waals surface area contributed by atoms with Gasteiger partial charge in [-0.05, 0) is 19.3 Å². The largest absolute Gasteiger partial charge is 0.361 e. The van der Waals surface area contributed by atoms with Gasteiger partial charge in [-0.2, -0.15) is 0 Å². The van der Waals surface area contributed by atoms with Crippen LogP contribution in [0.15, 0.2) is 12.3 Å². The summed E-state index contributed by atoms with van der Waals surface area (Å²) < 4.78 is 25.9. The Morgan fingerprint density at radius 2 is 2.20 bits per heavy atom. The van der Waals surface area contributed by atoms with Crippen LogP contribution in [0.25, 0.3) is 0 Å². The molecule has 82 valence electrons. The molecule has 1 aliphatic carbocycles. The molecule has 0 radical (unpaired) electrons. The third-order valence-electron chi connectivity index (χ3n) is 2.89. The van der Waals surface area contributed by atoms with Crippen molar-refractivity contribution < 1.29 is 8.78 Å². The molecular weight excluding hydrogens is 200 g/mol. The second kappa shape index (κ2) is 3.73. The van der Waals surface area contributed by atoms with E-state index in [0.29, 0.717) is 6.54 Å². The maximum Gasteiger partial charge on any atom is 0.168 e. The normalized spacial score (nSPS) is 18.3. The molecule has 1 aliphatic rings. The number of anilines is 1. The molecule has 2 rings (SSSR count). The minimum absolute atomic E-state index is 0.0848. The van der Waals surface area contributed by atoms with Crippen LogP contribution in [-0.2, 0) is 0 Å². The van der Waals surface area contributed by atoms with Gasteiger partial charge in [-0.25, -0.2) is 13.8 Å². The quantitative estimate of drug-likeness (QED) is 0.802. The average Bonchev–Trinajstić information content (AvgIpc) is 2.14. The molecule has 5 heteroatoms. The Balaban J connectivity index is 2.16. The van der Waals surface area contributed by atoms with E-state index in [0.717, 1.165) is 31.5 Å². The molecule has 1 aromatic heterocycles. The summed E-state index contributed by atoms with van der Waals surface area (Å²) in [5.74, 6) is -1.26. The van der Waals surface area contributed by atoms with Gasteiger partial charge >= 0.3 is 0 Å². The highest BCUT2D eigenvalue weighted by atomic mass is 19.1. The molecule has 0 aliphatic heterocycles. The van der Waals surface area contributed by atoms with E-state index in [1.54, 1.807) is 0 Å². The van der Waals surface area contributed by atoms with Gasteiger partial charge in [0.05, 0.1) is 11.7 Å². The lowest BCUT2D eigenvalue weighted by Crippen LogP contribution is -2.51. The molecule has 0 unspecified atom stereocenters. The van der Waals surface area contributed by atoms with E-state index in [1.165, 1.54) is 0 Å². The van der Waals surface area contributed by atoms with Crippen molar-refractivity contribution in [3.8, 4) is 0 Å². The zero-order valence-corrected chi connectivity index (χ0v) is 8.26. The number of halogens is 2. The average molecular weight is 213 g/mol. The molecule has 1 fully saturated rings. The number of pyridine rings is 1. The van der Waals surface area contributed by atoms with E-state index in [9.17, 15) is 8.78 Å². The molecule has 15 heavy (non-hydrogen) atoms. The maximum absolute atomic E-state index is 13.3. The Bertz CT molecular complexity index is 358. The Morgan fingerprint density at radius 3 is 2.67 bits per heavy atom. The number of rotatable bonds is 3. The molecule has 0 atom stereocenters. The van der Waals surface area contributed by atoms with E-state index < -0.39 is 11.6 Å². The van der Waals surface area contributed by atoms with Crippen LogP contribution < -0.4 is 11.1 Å². The Kier molecular flexibility index (Phi) is 2.56. The summed E-state index contributed by atoms with van der Waals surface area (Å²) in [5, 5.41) is 2.96. The van der Waals surface area contributed by atoms with Gasteiger partial charge < -0.3 is 11.1 Å². The lowest BCUT2D eigenvalue weighted by atomic mass is 9.77. The van der Waals surface area contributed by atoms with E-state index in [2.05, 4.69) is 10.3 Å². The fourth-order valence-corrected chi connectivity index (χ4v) is 1.74. The maximum atomic E-state index is 13.3. The van der Waals surface area contributed by atoms with Gasteiger partial charge in [0.15, 0.2) is 11.6 Å². The van der Waals surface area contributed by atoms with Gasteiger partial charge in [0.1, 0.15) is 5.82 Å². The van der Waals surface area contributed by atoms with Gasteiger partial charge in [-0.15, -0.1) is 0 Å². The number of nitrogens with two attached hydrogens (primary N) is 1. The van der Waals surface area contributed by atoms with Crippen LogP contribution in [-0.4, -0.2) is 17.1 Å². The predicted molar refractivity (Wildman–Crippen MR) is 53.4 cm³/mol. The van der Waals surface area contributed by atoms with Crippen LogP contribution >= 0.6 is 0 Å². The van der Waals surface area contributed by atoms with E-state index >= 15 is 0 Å². The van der Waals surface area contributed by atoms with E-state index in [-0.39, 0.29) is 11.4 Å². The molecule has 0 saturated heterocycles. The molecule has 3 nitrogen and oxygen atoms in total. The fraction of sp³-hybridized carbons (Fsp3) is 0.500. The van der Waals surface area contributed by atoms with Crippen LogP contribution in [0.5, 0.6) is 0 Å². The number of hydrogen-bond acceptors (Lipinski definition) is 3. The molecular formula is C10H13F2N3. The van der Waals surface area contributed by atoms with Gasteiger partial charge in [0.25, 0.3) is 0 Å². The van der Waals surface area contributed by atoms with E-state index in [4.69, 9.17) is 5.73 Å². The zero-order chi connectivity index (χ0) is 10.9. The van der Waals surface area contributed by atoms with Gasteiger partial charge in [-0.1, -0.05) is 0 Å². The molecule has 0 bridgehead atoms. The van der Waals surface area contributed by atoms with Crippen molar-refractivity contribution in [2.75, 3.05) is 11.9 Å². The van der Waals surface area contributed by atoms with Crippen LogP contribution in [0.1, 0.15) is 19.3 Å². The highest BCUT2D eigenvalue weighted by molar-refractivity contribution is 5.40. The Hall–Kier alpha value is -1.23. The first-order valence-electron chi connectivity index (χ1n) is 4.94.